The monoisotopic (exact) mass is 422 g/mol. The van der Waals surface area contributed by atoms with E-state index in [-0.39, 0.29) is 17.9 Å². The number of carbonyl (C=O) groups is 2. The fourth-order valence-corrected chi connectivity index (χ4v) is 5.04. The molecular weight excluding hydrogens is 392 g/mol. The molecule has 2 aliphatic rings. The third-order valence-corrected chi connectivity index (χ3v) is 6.59. The number of hydrogen-bond acceptors (Lipinski definition) is 4. The van der Waals surface area contributed by atoms with Crippen molar-refractivity contribution in [2.45, 2.75) is 50.7 Å². The van der Waals surface area contributed by atoms with Crippen LogP contribution in [0.5, 0.6) is 11.5 Å². The van der Waals surface area contributed by atoms with E-state index in [4.69, 9.17) is 9.47 Å². The van der Waals surface area contributed by atoms with Crippen LogP contribution in [-0.4, -0.2) is 43.0 Å². The normalized spacial score (nSPS) is 22.5. The Morgan fingerprint density at radius 2 is 1.81 bits per heavy atom. The van der Waals surface area contributed by atoms with Crippen LogP contribution in [0.3, 0.4) is 0 Å². The standard InChI is InChI=1S/C25H30N2O4/c1-30-20-12-13-23(31-2)19(14-20)16-26-24(28)22-15-18-10-6-7-11-21(18)27(22)25(29)17-8-4-3-5-9-17/h3-5,8-9,12-14,18,21-22H,6-7,10-11,15-16H2,1-2H3,(H,26,28). The van der Waals surface area contributed by atoms with Gasteiger partial charge in [-0.1, -0.05) is 31.0 Å². The van der Waals surface area contributed by atoms with E-state index in [1.54, 1.807) is 14.2 Å². The van der Waals surface area contributed by atoms with E-state index in [1.165, 1.54) is 6.42 Å². The molecule has 6 heteroatoms. The molecule has 6 nitrogen and oxygen atoms in total. The Balaban J connectivity index is 1.53. The molecule has 1 saturated heterocycles. The van der Waals surface area contributed by atoms with E-state index in [0.29, 0.717) is 29.5 Å². The van der Waals surface area contributed by atoms with Crippen molar-refractivity contribution < 1.29 is 19.1 Å². The minimum atomic E-state index is -0.447. The average molecular weight is 423 g/mol. The molecule has 0 spiro atoms. The molecule has 0 radical (unpaired) electrons. The van der Waals surface area contributed by atoms with E-state index >= 15 is 0 Å². The molecule has 2 aromatic carbocycles. The van der Waals surface area contributed by atoms with Gasteiger partial charge in [0.25, 0.3) is 5.91 Å². The number of benzene rings is 2. The summed E-state index contributed by atoms with van der Waals surface area (Å²) >= 11 is 0. The highest BCUT2D eigenvalue weighted by molar-refractivity contribution is 5.98. The van der Waals surface area contributed by atoms with Crippen LogP contribution >= 0.6 is 0 Å². The maximum atomic E-state index is 13.4. The Kier molecular flexibility index (Phi) is 6.44. The number of nitrogens with zero attached hydrogens (tertiary/aromatic N) is 1. The van der Waals surface area contributed by atoms with Crippen LogP contribution in [-0.2, 0) is 11.3 Å². The maximum Gasteiger partial charge on any atom is 0.254 e. The summed E-state index contributed by atoms with van der Waals surface area (Å²) < 4.78 is 10.7. The fourth-order valence-electron chi connectivity index (χ4n) is 5.04. The van der Waals surface area contributed by atoms with Crippen molar-refractivity contribution in [1.82, 2.24) is 10.2 Å². The molecular formula is C25H30N2O4. The lowest BCUT2D eigenvalue weighted by molar-refractivity contribution is -0.125. The van der Waals surface area contributed by atoms with Gasteiger partial charge < -0.3 is 19.7 Å². The molecule has 4 rings (SSSR count). The third-order valence-electron chi connectivity index (χ3n) is 6.59. The number of carbonyl (C=O) groups excluding carboxylic acids is 2. The third kappa shape index (κ3) is 4.38. The number of fused-ring (bicyclic) bond motifs is 1. The molecule has 2 fully saturated rings. The molecule has 0 aromatic heterocycles. The van der Waals surface area contributed by atoms with E-state index < -0.39 is 6.04 Å². The predicted molar refractivity (Wildman–Crippen MR) is 118 cm³/mol. The summed E-state index contributed by atoms with van der Waals surface area (Å²) in [6.45, 7) is 0.318. The second-order valence-electron chi connectivity index (χ2n) is 8.34. The topological polar surface area (TPSA) is 67.9 Å². The first-order valence-electron chi connectivity index (χ1n) is 11.0. The van der Waals surface area contributed by atoms with Crippen LogP contribution in [0.1, 0.15) is 48.0 Å². The van der Waals surface area contributed by atoms with Crippen molar-refractivity contribution in [1.29, 1.82) is 0 Å². The van der Waals surface area contributed by atoms with Crippen molar-refractivity contribution in [3.8, 4) is 11.5 Å². The molecule has 1 N–H and O–H groups in total. The lowest BCUT2D eigenvalue weighted by Gasteiger charge is -2.33. The second kappa shape index (κ2) is 9.41. The first-order valence-corrected chi connectivity index (χ1v) is 11.0. The zero-order valence-corrected chi connectivity index (χ0v) is 18.2. The number of nitrogens with one attached hydrogen (secondary N) is 1. The molecule has 2 aromatic rings. The zero-order chi connectivity index (χ0) is 21.8. The van der Waals surface area contributed by atoms with Crippen LogP contribution < -0.4 is 14.8 Å². The maximum absolute atomic E-state index is 13.4. The van der Waals surface area contributed by atoms with Crippen molar-refractivity contribution in [3.05, 3.63) is 59.7 Å². The van der Waals surface area contributed by atoms with E-state index in [9.17, 15) is 9.59 Å². The van der Waals surface area contributed by atoms with Gasteiger partial charge in [0, 0.05) is 23.7 Å². The van der Waals surface area contributed by atoms with Crippen LogP contribution in [0.15, 0.2) is 48.5 Å². The molecule has 1 saturated carbocycles. The first kappa shape index (κ1) is 21.2. The number of ether oxygens (including phenoxy) is 2. The van der Waals surface area contributed by atoms with Gasteiger partial charge in [-0.15, -0.1) is 0 Å². The Bertz CT molecular complexity index is 930. The van der Waals surface area contributed by atoms with Crippen LogP contribution in [0, 0.1) is 5.92 Å². The lowest BCUT2D eigenvalue weighted by Crippen LogP contribution is -2.49. The van der Waals surface area contributed by atoms with E-state index in [0.717, 1.165) is 31.2 Å². The molecule has 3 unspecified atom stereocenters. The highest BCUT2D eigenvalue weighted by Gasteiger charge is 2.47. The van der Waals surface area contributed by atoms with Gasteiger partial charge in [-0.25, -0.2) is 0 Å². The smallest absolute Gasteiger partial charge is 0.254 e. The number of methoxy groups -OCH3 is 2. The highest BCUT2D eigenvalue weighted by Crippen LogP contribution is 2.40. The number of rotatable bonds is 6. The molecule has 3 atom stereocenters. The Morgan fingerprint density at radius 3 is 2.55 bits per heavy atom. The molecule has 164 valence electrons. The van der Waals surface area contributed by atoms with Gasteiger partial charge in [0.1, 0.15) is 17.5 Å². The van der Waals surface area contributed by atoms with Crippen molar-refractivity contribution in [3.63, 3.8) is 0 Å². The van der Waals surface area contributed by atoms with Crippen LogP contribution in [0.4, 0.5) is 0 Å². The van der Waals surface area contributed by atoms with Crippen LogP contribution in [0.2, 0.25) is 0 Å². The second-order valence-corrected chi connectivity index (χ2v) is 8.34. The first-order chi connectivity index (χ1) is 15.1. The van der Waals surface area contributed by atoms with Crippen LogP contribution in [0.25, 0.3) is 0 Å². The zero-order valence-electron chi connectivity index (χ0n) is 18.2. The molecule has 0 bridgehead atoms. The summed E-state index contributed by atoms with van der Waals surface area (Å²) in [6, 6.07) is 14.5. The van der Waals surface area contributed by atoms with Gasteiger partial charge in [-0.2, -0.15) is 0 Å². The summed E-state index contributed by atoms with van der Waals surface area (Å²) in [5.41, 5.74) is 1.48. The molecule has 31 heavy (non-hydrogen) atoms. The lowest BCUT2D eigenvalue weighted by atomic mass is 9.84. The van der Waals surface area contributed by atoms with E-state index in [2.05, 4.69) is 5.32 Å². The SMILES string of the molecule is COc1ccc(OC)c(CNC(=O)C2CC3CCCCC3N2C(=O)c2ccccc2)c1. The van der Waals surface area contributed by atoms with Gasteiger partial charge in [-0.3, -0.25) is 9.59 Å². The minimum absolute atomic E-state index is 0.0471. The summed E-state index contributed by atoms with van der Waals surface area (Å²) in [6.07, 6.45) is 5.05. The number of likely N-dealkylation sites (tertiary alicyclic amines) is 1. The highest BCUT2D eigenvalue weighted by atomic mass is 16.5. The fraction of sp³-hybridized carbons (Fsp3) is 0.440. The molecule has 2 amide bonds. The Morgan fingerprint density at radius 1 is 1.03 bits per heavy atom. The van der Waals surface area contributed by atoms with E-state index in [1.807, 2.05) is 53.4 Å². The summed E-state index contributed by atoms with van der Waals surface area (Å²) in [7, 11) is 3.21. The minimum Gasteiger partial charge on any atom is -0.497 e. The Labute approximate surface area is 183 Å². The summed E-state index contributed by atoms with van der Waals surface area (Å²) in [5.74, 6) is 1.64. The quantitative estimate of drug-likeness (QED) is 0.769. The van der Waals surface area contributed by atoms with Crippen molar-refractivity contribution in [2.24, 2.45) is 5.92 Å². The number of amides is 2. The molecule has 1 heterocycles. The van der Waals surface area contributed by atoms with Crippen molar-refractivity contribution in [2.75, 3.05) is 14.2 Å². The van der Waals surface area contributed by atoms with Gasteiger partial charge in [0.2, 0.25) is 5.91 Å². The van der Waals surface area contributed by atoms with Gasteiger partial charge in [0.05, 0.1) is 14.2 Å². The predicted octanol–water partition coefficient (Wildman–Crippen LogP) is 3.79. The van der Waals surface area contributed by atoms with Gasteiger partial charge >= 0.3 is 0 Å². The largest absolute Gasteiger partial charge is 0.497 e. The van der Waals surface area contributed by atoms with Crippen molar-refractivity contribution >= 4 is 11.8 Å². The average Bonchev–Trinajstić information content (AvgIpc) is 3.22. The molecule has 1 aliphatic heterocycles. The number of hydrogen-bond donors (Lipinski definition) is 1. The van der Waals surface area contributed by atoms with Gasteiger partial charge in [0.15, 0.2) is 0 Å². The Hall–Kier alpha value is -3.02. The molecule has 1 aliphatic carbocycles. The van der Waals surface area contributed by atoms with Gasteiger partial charge in [-0.05, 0) is 55.5 Å². The summed E-state index contributed by atoms with van der Waals surface area (Å²) in [4.78, 5) is 28.5. The summed E-state index contributed by atoms with van der Waals surface area (Å²) in [5, 5.41) is 3.04.